The molecule has 4 rings (SSSR count). The number of para-hydroxylation sites is 1. The Morgan fingerprint density at radius 2 is 2.11 bits per heavy atom. The van der Waals surface area contributed by atoms with Crippen LogP contribution in [-0.4, -0.2) is 58.4 Å². The summed E-state index contributed by atoms with van der Waals surface area (Å²) in [4.78, 5) is 25.1. The van der Waals surface area contributed by atoms with Gasteiger partial charge in [0, 0.05) is 61.1 Å². The second-order valence-corrected chi connectivity index (χ2v) is 7.72. The van der Waals surface area contributed by atoms with E-state index in [1.165, 1.54) is 0 Å². The molecule has 2 aromatic heterocycles. The third kappa shape index (κ3) is 4.25. The minimum atomic E-state index is 0.229. The van der Waals surface area contributed by atoms with Crippen LogP contribution in [0.1, 0.15) is 24.1 Å². The number of nitrogens with zero attached hydrogens (tertiary/aromatic N) is 3. The molecule has 1 aliphatic rings. The molecule has 28 heavy (non-hydrogen) atoms. The van der Waals surface area contributed by atoms with E-state index in [2.05, 4.69) is 40.1 Å². The van der Waals surface area contributed by atoms with Gasteiger partial charge in [-0.3, -0.25) is 9.78 Å². The van der Waals surface area contributed by atoms with E-state index in [1.54, 1.807) is 0 Å². The summed E-state index contributed by atoms with van der Waals surface area (Å²) in [5.74, 6) is 0.229. The molecule has 5 heteroatoms. The highest BCUT2D eigenvalue weighted by Crippen LogP contribution is 2.21. The minimum Gasteiger partial charge on any atom is -0.361 e. The molecule has 1 unspecified atom stereocenters. The highest BCUT2D eigenvalue weighted by molar-refractivity contribution is 5.88. The Morgan fingerprint density at radius 1 is 1.25 bits per heavy atom. The normalized spacial score (nSPS) is 17.4. The summed E-state index contributed by atoms with van der Waals surface area (Å²) in [6.45, 7) is 2.65. The van der Waals surface area contributed by atoms with E-state index in [0.29, 0.717) is 12.5 Å². The van der Waals surface area contributed by atoms with Gasteiger partial charge in [0.1, 0.15) is 0 Å². The number of piperidine rings is 1. The van der Waals surface area contributed by atoms with Crippen LogP contribution in [-0.2, 0) is 17.6 Å². The lowest BCUT2D eigenvalue weighted by molar-refractivity contribution is -0.132. The third-order valence-corrected chi connectivity index (χ3v) is 5.84. The summed E-state index contributed by atoms with van der Waals surface area (Å²) in [5.41, 5.74) is 3.31. The maximum absolute atomic E-state index is 12.9. The van der Waals surface area contributed by atoms with Crippen molar-refractivity contribution in [3.8, 4) is 0 Å². The van der Waals surface area contributed by atoms with Crippen LogP contribution in [0.3, 0.4) is 0 Å². The van der Waals surface area contributed by atoms with Crippen LogP contribution in [0.4, 0.5) is 0 Å². The molecule has 1 atom stereocenters. The van der Waals surface area contributed by atoms with Gasteiger partial charge < -0.3 is 14.8 Å². The zero-order chi connectivity index (χ0) is 19.3. The van der Waals surface area contributed by atoms with Crippen LogP contribution < -0.4 is 0 Å². The molecule has 0 radical (unpaired) electrons. The van der Waals surface area contributed by atoms with Crippen LogP contribution in [0.5, 0.6) is 0 Å². The zero-order valence-corrected chi connectivity index (χ0v) is 16.5. The third-order valence-electron chi connectivity index (χ3n) is 5.84. The Hall–Kier alpha value is -2.66. The van der Waals surface area contributed by atoms with E-state index in [9.17, 15) is 4.79 Å². The van der Waals surface area contributed by atoms with Gasteiger partial charge in [0.15, 0.2) is 0 Å². The Labute approximate surface area is 166 Å². The predicted octanol–water partition coefficient (Wildman–Crippen LogP) is 3.27. The molecule has 0 spiro atoms. The van der Waals surface area contributed by atoms with Gasteiger partial charge in [0.05, 0.1) is 6.42 Å². The largest absolute Gasteiger partial charge is 0.361 e. The Morgan fingerprint density at radius 3 is 2.96 bits per heavy atom. The quantitative estimate of drug-likeness (QED) is 0.718. The average Bonchev–Trinajstić information content (AvgIpc) is 3.16. The molecule has 0 bridgehead atoms. The van der Waals surface area contributed by atoms with Gasteiger partial charge in [0.2, 0.25) is 5.91 Å². The summed E-state index contributed by atoms with van der Waals surface area (Å²) in [5, 5.41) is 1.15. The van der Waals surface area contributed by atoms with Crippen molar-refractivity contribution in [2.45, 2.75) is 31.7 Å². The Bertz CT molecular complexity index is 921. The Kier molecular flexibility index (Phi) is 5.72. The minimum absolute atomic E-state index is 0.229. The zero-order valence-electron chi connectivity index (χ0n) is 16.5. The van der Waals surface area contributed by atoms with Gasteiger partial charge in [-0.05, 0) is 43.7 Å². The standard InChI is InChI=1S/C23H28N4O/c1-26(14-11-19-7-4-5-12-24-19)20-8-6-13-27(17-20)23(28)15-18-16-25-22-10-3-2-9-21(18)22/h2-5,7,9-10,12,16,20,25H,6,8,11,13-15,17H2,1H3. The lowest BCUT2D eigenvalue weighted by Crippen LogP contribution is -2.49. The monoisotopic (exact) mass is 376 g/mol. The molecule has 0 aliphatic carbocycles. The van der Waals surface area contributed by atoms with E-state index in [0.717, 1.165) is 61.1 Å². The van der Waals surface area contributed by atoms with Crippen LogP contribution >= 0.6 is 0 Å². The number of aromatic nitrogens is 2. The van der Waals surface area contributed by atoms with Gasteiger partial charge in [-0.15, -0.1) is 0 Å². The van der Waals surface area contributed by atoms with Crippen molar-refractivity contribution in [2.75, 3.05) is 26.7 Å². The number of benzene rings is 1. The number of carbonyl (C=O) groups excluding carboxylic acids is 1. The SMILES string of the molecule is CN(CCc1ccccn1)C1CCCN(C(=O)Cc2c[nH]c3ccccc23)C1. The van der Waals surface area contributed by atoms with Gasteiger partial charge >= 0.3 is 0 Å². The second-order valence-electron chi connectivity index (χ2n) is 7.72. The number of aromatic amines is 1. The number of likely N-dealkylation sites (N-methyl/N-ethyl adjacent to an activating group) is 1. The van der Waals surface area contributed by atoms with Crippen molar-refractivity contribution in [2.24, 2.45) is 0 Å². The fourth-order valence-electron chi connectivity index (χ4n) is 4.11. The second kappa shape index (κ2) is 8.57. The number of H-pyrrole nitrogens is 1. The van der Waals surface area contributed by atoms with Crippen LogP contribution in [0.2, 0.25) is 0 Å². The fraction of sp³-hybridized carbons (Fsp3) is 0.391. The number of fused-ring (bicyclic) bond motifs is 1. The number of hydrogen-bond acceptors (Lipinski definition) is 3. The molecule has 5 nitrogen and oxygen atoms in total. The molecular formula is C23H28N4O. The Balaban J connectivity index is 1.34. The number of carbonyl (C=O) groups is 1. The molecule has 1 fully saturated rings. The number of hydrogen-bond donors (Lipinski definition) is 1. The molecule has 3 aromatic rings. The predicted molar refractivity (Wildman–Crippen MR) is 112 cm³/mol. The van der Waals surface area contributed by atoms with Gasteiger partial charge in [0.25, 0.3) is 0 Å². The van der Waals surface area contributed by atoms with Crippen molar-refractivity contribution in [1.82, 2.24) is 19.8 Å². The first-order chi connectivity index (χ1) is 13.7. The van der Waals surface area contributed by atoms with E-state index < -0.39 is 0 Å². The summed E-state index contributed by atoms with van der Waals surface area (Å²) in [6.07, 6.45) is 7.45. The van der Waals surface area contributed by atoms with Gasteiger partial charge in [-0.2, -0.15) is 0 Å². The van der Waals surface area contributed by atoms with Gasteiger partial charge in [-0.1, -0.05) is 24.3 Å². The molecule has 1 aliphatic heterocycles. The molecule has 0 saturated carbocycles. The molecule has 146 valence electrons. The highest BCUT2D eigenvalue weighted by Gasteiger charge is 2.26. The molecule has 1 N–H and O–H groups in total. The maximum atomic E-state index is 12.9. The van der Waals surface area contributed by atoms with E-state index >= 15 is 0 Å². The van der Waals surface area contributed by atoms with E-state index in [4.69, 9.17) is 0 Å². The molecule has 1 amide bonds. The number of pyridine rings is 1. The van der Waals surface area contributed by atoms with Crippen molar-refractivity contribution < 1.29 is 4.79 Å². The summed E-state index contributed by atoms with van der Waals surface area (Å²) in [7, 11) is 2.17. The summed E-state index contributed by atoms with van der Waals surface area (Å²) >= 11 is 0. The van der Waals surface area contributed by atoms with E-state index in [1.807, 2.05) is 41.6 Å². The van der Waals surface area contributed by atoms with Gasteiger partial charge in [-0.25, -0.2) is 0 Å². The first-order valence-corrected chi connectivity index (χ1v) is 10.1. The molecule has 3 heterocycles. The number of likely N-dealkylation sites (tertiary alicyclic amines) is 1. The fourth-order valence-corrected chi connectivity index (χ4v) is 4.11. The van der Waals surface area contributed by atoms with Crippen LogP contribution in [0.15, 0.2) is 54.9 Å². The number of amides is 1. The topological polar surface area (TPSA) is 52.2 Å². The highest BCUT2D eigenvalue weighted by atomic mass is 16.2. The molecule has 1 saturated heterocycles. The van der Waals surface area contributed by atoms with Crippen molar-refractivity contribution in [3.63, 3.8) is 0 Å². The lowest BCUT2D eigenvalue weighted by atomic mass is 10.0. The number of rotatable bonds is 6. The summed E-state index contributed by atoms with van der Waals surface area (Å²) < 4.78 is 0. The first-order valence-electron chi connectivity index (χ1n) is 10.1. The number of nitrogens with one attached hydrogen (secondary N) is 1. The van der Waals surface area contributed by atoms with Crippen LogP contribution in [0.25, 0.3) is 10.9 Å². The smallest absolute Gasteiger partial charge is 0.227 e. The molecular weight excluding hydrogens is 348 g/mol. The van der Waals surface area contributed by atoms with Crippen molar-refractivity contribution in [1.29, 1.82) is 0 Å². The van der Waals surface area contributed by atoms with Crippen molar-refractivity contribution in [3.05, 3.63) is 66.1 Å². The lowest BCUT2D eigenvalue weighted by Gasteiger charge is -2.37. The molecule has 1 aromatic carbocycles. The first kappa shape index (κ1) is 18.7. The van der Waals surface area contributed by atoms with Crippen molar-refractivity contribution >= 4 is 16.8 Å². The maximum Gasteiger partial charge on any atom is 0.227 e. The average molecular weight is 377 g/mol. The van der Waals surface area contributed by atoms with Crippen LogP contribution in [0, 0.1) is 0 Å². The summed E-state index contributed by atoms with van der Waals surface area (Å²) in [6, 6.07) is 14.7. The van der Waals surface area contributed by atoms with E-state index in [-0.39, 0.29) is 5.91 Å².